The molecule has 27 heavy (non-hydrogen) atoms. The number of anilines is 1. The van der Waals surface area contributed by atoms with Crippen LogP contribution in [0.1, 0.15) is 28.9 Å². The first kappa shape index (κ1) is 16.6. The zero-order valence-corrected chi connectivity index (χ0v) is 14.9. The summed E-state index contributed by atoms with van der Waals surface area (Å²) in [5.41, 5.74) is 3.19. The van der Waals surface area contributed by atoms with Gasteiger partial charge in [-0.3, -0.25) is 9.88 Å². The van der Waals surface area contributed by atoms with Gasteiger partial charge in [-0.2, -0.15) is 5.26 Å². The number of hydrogen-bond donors (Lipinski definition) is 0. The number of pyridine rings is 2. The fourth-order valence-electron chi connectivity index (χ4n) is 4.47. The van der Waals surface area contributed by atoms with E-state index in [9.17, 15) is 9.65 Å². The van der Waals surface area contributed by atoms with Crippen molar-refractivity contribution in [2.24, 2.45) is 0 Å². The summed E-state index contributed by atoms with van der Waals surface area (Å²) in [7, 11) is 0. The quantitative estimate of drug-likeness (QED) is 0.829. The Hall–Kier alpha value is -2.56. The smallest absolute Gasteiger partial charge is 0.147 e. The van der Waals surface area contributed by atoms with E-state index >= 15 is 0 Å². The third kappa shape index (κ3) is 2.85. The summed E-state index contributed by atoms with van der Waals surface area (Å²) in [6.45, 7) is 3.40. The molecule has 7 heteroatoms. The second kappa shape index (κ2) is 6.55. The second-order valence-corrected chi connectivity index (χ2v) is 7.46. The molecule has 2 unspecified atom stereocenters. The zero-order chi connectivity index (χ0) is 18.4. The molecule has 2 aromatic heterocycles. The van der Waals surface area contributed by atoms with Crippen LogP contribution < -0.4 is 4.90 Å². The van der Waals surface area contributed by atoms with E-state index in [1.807, 2.05) is 6.07 Å². The number of piperazine rings is 1. The van der Waals surface area contributed by atoms with Gasteiger partial charge in [0.2, 0.25) is 0 Å². The van der Waals surface area contributed by atoms with Crippen LogP contribution in [0.5, 0.6) is 0 Å². The van der Waals surface area contributed by atoms with Crippen molar-refractivity contribution in [2.75, 3.05) is 24.6 Å². The topological polar surface area (TPSA) is 65.3 Å². The summed E-state index contributed by atoms with van der Waals surface area (Å²) < 4.78 is 19.4. The van der Waals surface area contributed by atoms with Gasteiger partial charge in [0.25, 0.3) is 0 Å². The van der Waals surface area contributed by atoms with Gasteiger partial charge in [-0.05, 0) is 24.6 Å². The van der Waals surface area contributed by atoms with Crippen LogP contribution in [0.25, 0.3) is 0 Å². The van der Waals surface area contributed by atoms with Crippen LogP contribution >= 0.6 is 0 Å². The number of hydrogen-bond acceptors (Lipinski definition) is 6. The lowest BCUT2D eigenvalue weighted by Crippen LogP contribution is -2.69. The lowest BCUT2D eigenvalue weighted by molar-refractivity contribution is 0.103. The Balaban J connectivity index is 1.36. The van der Waals surface area contributed by atoms with E-state index in [1.165, 1.54) is 6.07 Å². The summed E-state index contributed by atoms with van der Waals surface area (Å²) >= 11 is 0. The largest absolute Gasteiger partial charge is 0.376 e. The van der Waals surface area contributed by atoms with Crippen LogP contribution in [-0.2, 0) is 24.3 Å². The highest BCUT2D eigenvalue weighted by Gasteiger charge is 2.46. The van der Waals surface area contributed by atoms with E-state index in [0.29, 0.717) is 43.1 Å². The molecule has 0 N–H and O–H groups in total. The van der Waals surface area contributed by atoms with E-state index in [4.69, 9.17) is 9.72 Å². The molecule has 0 saturated carbocycles. The minimum atomic E-state index is -0.251. The van der Waals surface area contributed by atoms with Crippen LogP contribution in [0.4, 0.5) is 10.2 Å². The monoisotopic (exact) mass is 365 g/mol. The fourth-order valence-corrected chi connectivity index (χ4v) is 4.47. The number of rotatable bonds is 3. The van der Waals surface area contributed by atoms with Crippen LogP contribution in [0.3, 0.4) is 0 Å². The molecule has 0 radical (unpaired) electrons. The average Bonchev–Trinajstić information content (AvgIpc) is 2.69. The van der Waals surface area contributed by atoms with Gasteiger partial charge in [-0.15, -0.1) is 0 Å². The molecule has 2 atom stereocenters. The van der Waals surface area contributed by atoms with Crippen molar-refractivity contribution < 1.29 is 9.13 Å². The molecule has 0 spiro atoms. The maximum Gasteiger partial charge on any atom is 0.147 e. The maximum atomic E-state index is 13.9. The van der Waals surface area contributed by atoms with E-state index in [0.717, 1.165) is 43.0 Å². The molecule has 6 rings (SSSR count). The van der Waals surface area contributed by atoms with Crippen molar-refractivity contribution >= 4 is 5.82 Å². The summed E-state index contributed by atoms with van der Waals surface area (Å²) in [6, 6.07) is 7.95. The highest BCUT2D eigenvalue weighted by molar-refractivity contribution is 5.60. The highest BCUT2D eigenvalue weighted by Crippen LogP contribution is 2.39. The molecule has 3 fully saturated rings. The SMILES string of the molecule is N#Cc1cc2c(nc1N1C3CC1CN(Cc1ncccc1F)C3)CCOC2. The number of piperidine rings is 1. The second-order valence-electron chi connectivity index (χ2n) is 7.46. The molecule has 0 amide bonds. The Kier molecular flexibility index (Phi) is 4.03. The van der Waals surface area contributed by atoms with Crippen molar-refractivity contribution in [1.82, 2.24) is 14.9 Å². The van der Waals surface area contributed by atoms with Crippen molar-refractivity contribution in [1.29, 1.82) is 5.26 Å². The van der Waals surface area contributed by atoms with Gasteiger partial charge in [0, 0.05) is 49.9 Å². The summed E-state index contributed by atoms with van der Waals surface area (Å²) in [6.07, 6.45) is 3.52. The normalized spacial score (nSPS) is 24.1. The van der Waals surface area contributed by atoms with Crippen molar-refractivity contribution in [3.63, 3.8) is 0 Å². The van der Waals surface area contributed by atoms with Gasteiger partial charge in [0.15, 0.2) is 0 Å². The van der Waals surface area contributed by atoms with E-state index in [1.54, 1.807) is 12.3 Å². The standard InChI is InChI=1S/C20H20FN5O/c21-17-2-1-4-23-19(17)11-25-9-15-7-16(10-25)26(15)20-13(8-22)6-14-12-27-5-3-18(14)24-20/h1-2,4,6,15-16H,3,5,7,9-12H2. The molecule has 138 valence electrons. The number of ether oxygens (including phenoxy) is 1. The minimum absolute atomic E-state index is 0.251. The van der Waals surface area contributed by atoms with Gasteiger partial charge in [-0.1, -0.05) is 0 Å². The average molecular weight is 365 g/mol. The predicted octanol–water partition coefficient (Wildman–Crippen LogP) is 2.02. The van der Waals surface area contributed by atoms with Crippen LogP contribution in [0.2, 0.25) is 0 Å². The van der Waals surface area contributed by atoms with Gasteiger partial charge in [0.05, 0.1) is 30.2 Å². The Bertz CT molecular complexity index is 915. The molecule has 0 aliphatic carbocycles. The first-order chi connectivity index (χ1) is 13.2. The summed E-state index contributed by atoms with van der Waals surface area (Å²) in [5, 5.41) is 9.61. The van der Waals surface area contributed by atoms with Gasteiger partial charge < -0.3 is 9.64 Å². The van der Waals surface area contributed by atoms with E-state index < -0.39 is 0 Å². The number of halogens is 1. The molecule has 2 bridgehead atoms. The van der Waals surface area contributed by atoms with Crippen LogP contribution in [0.15, 0.2) is 24.4 Å². The molecular weight excluding hydrogens is 345 g/mol. The molecule has 6 nitrogen and oxygen atoms in total. The Morgan fingerprint density at radius 2 is 2.19 bits per heavy atom. The maximum absolute atomic E-state index is 13.9. The van der Waals surface area contributed by atoms with Gasteiger partial charge in [-0.25, -0.2) is 9.37 Å². The van der Waals surface area contributed by atoms with E-state index in [2.05, 4.69) is 20.9 Å². The molecule has 0 aromatic carbocycles. The first-order valence-electron chi connectivity index (χ1n) is 9.33. The van der Waals surface area contributed by atoms with Crippen LogP contribution in [-0.4, -0.2) is 46.6 Å². The lowest BCUT2D eigenvalue weighted by atomic mass is 9.86. The summed E-state index contributed by atoms with van der Waals surface area (Å²) in [4.78, 5) is 13.6. The molecule has 3 saturated heterocycles. The fraction of sp³-hybridized carbons (Fsp3) is 0.450. The van der Waals surface area contributed by atoms with Gasteiger partial charge >= 0.3 is 0 Å². The third-order valence-corrected chi connectivity index (χ3v) is 5.75. The third-order valence-electron chi connectivity index (χ3n) is 5.75. The number of nitrogens with zero attached hydrogens (tertiary/aromatic N) is 5. The van der Waals surface area contributed by atoms with Crippen molar-refractivity contribution in [3.05, 3.63) is 52.7 Å². The summed E-state index contributed by atoms with van der Waals surface area (Å²) in [5.74, 6) is 0.557. The Morgan fingerprint density at radius 3 is 2.96 bits per heavy atom. The molecule has 2 aromatic rings. The molecule has 4 aliphatic rings. The van der Waals surface area contributed by atoms with E-state index in [-0.39, 0.29) is 5.82 Å². The van der Waals surface area contributed by atoms with Crippen molar-refractivity contribution in [2.45, 2.75) is 38.1 Å². The molecule has 4 aliphatic heterocycles. The number of aromatic nitrogens is 2. The number of nitriles is 1. The molecular formula is C20H20FN5O. The minimum Gasteiger partial charge on any atom is -0.376 e. The first-order valence-corrected chi connectivity index (χ1v) is 9.33. The molecule has 6 heterocycles. The Morgan fingerprint density at radius 1 is 1.33 bits per heavy atom. The number of fused-ring (bicyclic) bond motifs is 3. The zero-order valence-electron chi connectivity index (χ0n) is 14.9. The van der Waals surface area contributed by atoms with Crippen molar-refractivity contribution in [3.8, 4) is 6.07 Å². The lowest BCUT2D eigenvalue weighted by Gasteiger charge is -2.57. The van der Waals surface area contributed by atoms with Gasteiger partial charge in [0.1, 0.15) is 17.7 Å². The Labute approximate surface area is 157 Å². The van der Waals surface area contributed by atoms with Crippen LogP contribution in [0, 0.1) is 17.1 Å². The highest BCUT2D eigenvalue weighted by atomic mass is 19.1. The predicted molar refractivity (Wildman–Crippen MR) is 96.5 cm³/mol.